The Labute approximate surface area is 121 Å². The van der Waals surface area contributed by atoms with Gasteiger partial charge in [-0.05, 0) is 39.8 Å². The molecule has 0 aromatic heterocycles. The fourth-order valence-corrected chi connectivity index (χ4v) is 2.40. The molecule has 0 N–H and O–H groups in total. The fourth-order valence-electron chi connectivity index (χ4n) is 2.40. The molecule has 114 valence electrons. The summed E-state index contributed by atoms with van der Waals surface area (Å²) in [5.74, 6) is 0. The molecule has 1 amide bonds. The third kappa shape index (κ3) is 4.71. The fraction of sp³-hybridized carbons (Fsp3) is 0.800. The summed E-state index contributed by atoms with van der Waals surface area (Å²) in [6.07, 6.45) is 3.95. The summed E-state index contributed by atoms with van der Waals surface area (Å²) in [6, 6.07) is 0. The number of ether oxygens (including phenoxy) is 2. The van der Waals surface area contributed by atoms with Gasteiger partial charge in [0.2, 0.25) is 0 Å². The summed E-state index contributed by atoms with van der Waals surface area (Å²) in [6.45, 7) is 10.8. The predicted molar refractivity (Wildman–Crippen MR) is 77.5 cm³/mol. The summed E-state index contributed by atoms with van der Waals surface area (Å²) in [4.78, 5) is 16.1. The van der Waals surface area contributed by atoms with Gasteiger partial charge in [-0.3, -0.25) is 0 Å². The van der Waals surface area contributed by atoms with E-state index >= 15 is 0 Å². The molecular weight excluding hydrogens is 256 g/mol. The lowest BCUT2D eigenvalue weighted by Gasteiger charge is -2.32. The molecule has 5 nitrogen and oxygen atoms in total. The zero-order chi connectivity index (χ0) is 14.6. The van der Waals surface area contributed by atoms with Crippen LogP contribution in [0.4, 0.5) is 4.79 Å². The summed E-state index contributed by atoms with van der Waals surface area (Å²) in [5.41, 5.74) is 1.01. The Kier molecular flexibility index (Phi) is 4.91. The normalized spacial score (nSPS) is 20.9. The Bertz CT molecular complexity index is 358. The van der Waals surface area contributed by atoms with E-state index in [1.807, 2.05) is 25.7 Å². The molecule has 0 aliphatic carbocycles. The van der Waals surface area contributed by atoms with E-state index < -0.39 is 5.60 Å². The molecule has 2 saturated heterocycles. The molecule has 5 heteroatoms. The minimum Gasteiger partial charge on any atom is -0.444 e. The first-order valence-corrected chi connectivity index (χ1v) is 7.43. The molecule has 0 atom stereocenters. The minimum absolute atomic E-state index is 0.192. The summed E-state index contributed by atoms with van der Waals surface area (Å²) in [5, 5.41) is 0. The first-order valence-electron chi connectivity index (χ1n) is 7.43. The number of carbonyl (C=O) groups is 1. The lowest BCUT2D eigenvalue weighted by Crippen LogP contribution is -2.40. The maximum absolute atomic E-state index is 12.0. The van der Waals surface area contributed by atoms with Crippen molar-refractivity contribution in [1.82, 2.24) is 9.80 Å². The molecule has 0 saturated carbocycles. The lowest BCUT2D eigenvalue weighted by molar-refractivity contribution is 0.0234. The number of hydrogen-bond donors (Lipinski definition) is 0. The van der Waals surface area contributed by atoms with Gasteiger partial charge >= 0.3 is 6.09 Å². The molecule has 2 fully saturated rings. The van der Waals surface area contributed by atoms with E-state index in [4.69, 9.17) is 9.47 Å². The van der Waals surface area contributed by atoms with Gasteiger partial charge in [0.1, 0.15) is 5.60 Å². The Morgan fingerprint density at radius 1 is 1.15 bits per heavy atom. The Hall–Kier alpha value is -1.23. The highest BCUT2D eigenvalue weighted by atomic mass is 16.6. The van der Waals surface area contributed by atoms with Crippen LogP contribution < -0.4 is 0 Å². The van der Waals surface area contributed by atoms with Gasteiger partial charge in [-0.2, -0.15) is 0 Å². The third-order valence-corrected chi connectivity index (χ3v) is 3.47. The maximum Gasteiger partial charge on any atom is 0.410 e. The smallest absolute Gasteiger partial charge is 0.410 e. The molecule has 0 unspecified atom stereocenters. The van der Waals surface area contributed by atoms with Gasteiger partial charge in [0, 0.05) is 26.2 Å². The molecule has 2 aliphatic heterocycles. The molecule has 0 bridgehead atoms. The van der Waals surface area contributed by atoms with E-state index in [1.165, 1.54) is 5.57 Å². The van der Waals surface area contributed by atoms with Crippen LogP contribution in [-0.4, -0.2) is 60.9 Å². The zero-order valence-corrected chi connectivity index (χ0v) is 12.9. The Morgan fingerprint density at radius 2 is 1.75 bits per heavy atom. The molecule has 0 radical (unpaired) electrons. The molecule has 2 heterocycles. The average molecular weight is 282 g/mol. The van der Waals surface area contributed by atoms with E-state index in [2.05, 4.69) is 11.1 Å². The van der Waals surface area contributed by atoms with Crippen molar-refractivity contribution < 1.29 is 14.3 Å². The van der Waals surface area contributed by atoms with Crippen LogP contribution in [0.15, 0.2) is 11.8 Å². The van der Waals surface area contributed by atoms with Gasteiger partial charge in [-0.1, -0.05) is 5.57 Å². The second-order valence-electron chi connectivity index (χ2n) is 6.40. The standard InChI is InChI=1S/C15H26N2O3/c1-15(2,3)20-14(18)17-6-4-13(5-7-17)12-16-8-10-19-11-9-16/h12H,4-11H2,1-3H3. The highest BCUT2D eigenvalue weighted by Crippen LogP contribution is 2.19. The van der Waals surface area contributed by atoms with Gasteiger partial charge in [0.25, 0.3) is 0 Å². The molecule has 2 aliphatic rings. The van der Waals surface area contributed by atoms with Crippen LogP contribution >= 0.6 is 0 Å². The van der Waals surface area contributed by atoms with Crippen LogP contribution in [0.25, 0.3) is 0 Å². The topological polar surface area (TPSA) is 42.0 Å². The van der Waals surface area contributed by atoms with Gasteiger partial charge < -0.3 is 19.3 Å². The first-order chi connectivity index (χ1) is 9.44. The predicted octanol–water partition coefficient (Wildman–Crippen LogP) is 2.23. The van der Waals surface area contributed by atoms with Crippen molar-refractivity contribution in [2.24, 2.45) is 0 Å². The van der Waals surface area contributed by atoms with Gasteiger partial charge in [-0.15, -0.1) is 0 Å². The number of hydrogen-bond acceptors (Lipinski definition) is 4. The van der Waals surface area contributed by atoms with Crippen molar-refractivity contribution in [2.75, 3.05) is 39.4 Å². The number of piperidine rings is 1. The van der Waals surface area contributed by atoms with Crippen LogP contribution in [0, 0.1) is 0 Å². The van der Waals surface area contributed by atoms with Gasteiger partial charge in [0.15, 0.2) is 0 Å². The Balaban J connectivity index is 1.79. The summed E-state index contributed by atoms with van der Waals surface area (Å²) in [7, 11) is 0. The molecule has 0 spiro atoms. The average Bonchev–Trinajstić information content (AvgIpc) is 2.39. The summed E-state index contributed by atoms with van der Waals surface area (Å²) >= 11 is 0. The van der Waals surface area contributed by atoms with Crippen LogP contribution in [0.3, 0.4) is 0 Å². The van der Waals surface area contributed by atoms with E-state index in [0.717, 1.165) is 52.2 Å². The number of likely N-dealkylation sites (tertiary alicyclic amines) is 1. The monoisotopic (exact) mass is 282 g/mol. The van der Waals surface area contributed by atoms with E-state index in [1.54, 1.807) is 0 Å². The second-order valence-corrected chi connectivity index (χ2v) is 6.40. The van der Waals surface area contributed by atoms with Crippen molar-refractivity contribution in [3.05, 3.63) is 11.8 Å². The maximum atomic E-state index is 12.0. The number of nitrogens with zero attached hydrogens (tertiary/aromatic N) is 2. The van der Waals surface area contributed by atoms with Gasteiger partial charge in [-0.25, -0.2) is 4.79 Å². The van der Waals surface area contributed by atoms with E-state index in [9.17, 15) is 4.79 Å². The highest BCUT2D eigenvalue weighted by molar-refractivity contribution is 5.68. The van der Waals surface area contributed by atoms with Crippen molar-refractivity contribution in [1.29, 1.82) is 0 Å². The van der Waals surface area contributed by atoms with Gasteiger partial charge in [0.05, 0.1) is 13.2 Å². The molecule has 0 aromatic carbocycles. The lowest BCUT2D eigenvalue weighted by atomic mass is 10.1. The Morgan fingerprint density at radius 3 is 2.30 bits per heavy atom. The first kappa shape index (κ1) is 15.2. The molecule has 0 aromatic rings. The molecule has 2 rings (SSSR count). The second kappa shape index (κ2) is 6.48. The summed E-state index contributed by atoms with van der Waals surface area (Å²) < 4.78 is 10.7. The van der Waals surface area contributed by atoms with Crippen molar-refractivity contribution >= 4 is 6.09 Å². The SMILES string of the molecule is CC(C)(C)OC(=O)N1CCC(=CN2CCOCC2)CC1. The number of morpholine rings is 1. The minimum atomic E-state index is -0.416. The quantitative estimate of drug-likeness (QED) is 0.739. The van der Waals surface area contributed by atoms with Crippen LogP contribution in [-0.2, 0) is 9.47 Å². The van der Waals surface area contributed by atoms with E-state index in [-0.39, 0.29) is 6.09 Å². The van der Waals surface area contributed by atoms with Crippen molar-refractivity contribution in [3.8, 4) is 0 Å². The molecule has 20 heavy (non-hydrogen) atoms. The third-order valence-electron chi connectivity index (χ3n) is 3.47. The number of amides is 1. The number of rotatable bonds is 1. The van der Waals surface area contributed by atoms with Crippen LogP contribution in [0.5, 0.6) is 0 Å². The largest absolute Gasteiger partial charge is 0.444 e. The van der Waals surface area contributed by atoms with Crippen molar-refractivity contribution in [3.63, 3.8) is 0 Å². The van der Waals surface area contributed by atoms with Crippen LogP contribution in [0.1, 0.15) is 33.6 Å². The highest BCUT2D eigenvalue weighted by Gasteiger charge is 2.24. The van der Waals surface area contributed by atoms with Crippen LogP contribution in [0.2, 0.25) is 0 Å². The van der Waals surface area contributed by atoms with E-state index in [0.29, 0.717) is 0 Å². The molecular formula is C15H26N2O3. The zero-order valence-electron chi connectivity index (χ0n) is 12.9. The van der Waals surface area contributed by atoms with Crippen molar-refractivity contribution in [2.45, 2.75) is 39.2 Å². The number of carbonyl (C=O) groups excluding carboxylic acids is 1.